The third-order valence-electron chi connectivity index (χ3n) is 5.07. The van der Waals surface area contributed by atoms with Crippen LogP contribution in [0.5, 0.6) is 5.75 Å². The maximum atomic E-state index is 12.6. The van der Waals surface area contributed by atoms with Gasteiger partial charge >= 0.3 is 6.36 Å². The Morgan fingerprint density at radius 2 is 1.65 bits per heavy atom. The molecule has 0 spiro atoms. The molecule has 0 atom stereocenters. The summed E-state index contributed by atoms with van der Waals surface area (Å²) >= 11 is 6.23. The molecule has 0 aromatic heterocycles. The summed E-state index contributed by atoms with van der Waals surface area (Å²) in [5.41, 5.74) is 3.92. The lowest BCUT2D eigenvalue weighted by atomic mass is 10.1. The van der Waals surface area contributed by atoms with Crippen LogP contribution in [-0.4, -0.2) is 27.9 Å². The van der Waals surface area contributed by atoms with Crippen LogP contribution in [0.15, 0.2) is 71.6 Å². The van der Waals surface area contributed by atoms with E-state index in [0.29, 0.717) is 18.0 Å². The van der Waals surface area contributed by atoms with Crippen LogP contribution in [0.1, 0.15) is 17.5 Å². The van der Waals surface area contributed by atoms with Crippen LogP contribution in [0.3, 0.4) is 0 Å². The van der Waals surface area contributed by atoms with E-state index in [1.54, 1.807) is 6.07 Å². The van der Waals surface area contributed by atoms with Crippen molar-refractivity contribution in [2.45, 2.75) is 31.5 Å². The van der Waals surface area contributed by atoms with Crippen LogP contribution in [0.4, 0.5) is 24.5 Å². The maximum absolute atomic E-state index is 12.6. The van der Waals surface area contributed by atoms with Gasteiger partial charge in [-0.3, -0.25) is 0 Å². The molecule has 34 heavy (non-hydrogen) atoms. The number of aryl methyl sites for hydroxylation is 2. The van der Waals surface area contributed by atoms with Crippen LogP contribution in [-0.2, 0) is 10.0 Å². The Morgan fingerprint density at radius 3 is 2.35 bits per heavy atom. The highest BCUT2D eigenvalue weighted by Gasteiger charge is 2.31. The van der Waals surface area contributed by atoms with Gasteiger partial charge in [0.2, 0.25) is 10.0 Å². The van der Waals surface area contributed by atoms with E-state index in [0.717, 1.165) is 34.6 Å². The molecule has 0 aliphatic carbocycles. The minimum absolute atomic E-state index is 0.0781. The average molecular weight is 513 g/mol. The molecule has 3 aromatic rings. The van der Waals surface area contributed by atoms with Gasteiger partial charge in [-0.2, -0.15) is 0 Å². The van der Waals surface area contributed by atoms with E-state index in [2.05, 4.69) is 14.4 Å². The summed E-state index contributed by atoms with van der Waals surface area (Å²) in [7, 11) is -4.03. The van der Waals surface area contributed by atoms with Gasteiger partial charge in [0.15, 0.2) is 0 Å². The molecule has 0 saturated heterocycles. The number of anilines is 2. The van der Waals surface area contributed by atoms with Gasteiger partial charge in [-0.15, -0.1) is 13.2 Å². The average Bonchev–Trinajstić information content (AvgIpc) is 2.75. The second-order valence-electron chi connectivity index (χ2n) is 7.64. The first-order valence-electron chi connectivity index (χ1n) is 10.4. The molecular weight excluding hydrogens is 489 g/mol. The Kier molecular flexibility index (Phi) is 8.12. The zero-order valence-corrected chi connectivity index (χ0v) is 20.1. The lowest BCUT2D eigenvalue weighted by Crippen LogP contribution is -2.28. The van der Waals surface area contributed by atoms with Gasteiger partial charge in [0.1, 0.15) is 5.75 Å². The van der Waals surface area contributed by atoms with Crippen molar-refractivity contribution in [3.05, 3.63) is 82.9 Å². The molecule has 0 heterocycles. The number of sulfonamides is 1. The molecule has 3 rings (SSSR count). The molecule has 1 N–H and O–H groups in total. The first-order valence-corrected chi connectivity index (χ1v) is 12.3. The fourth-order valence-corrected chi connectivity index (χ4v) is 4.75. The van der Waals surface area contributed by atoms with Crippen molar-refractivity contribution in [1.29, 1.82) is 0 Å². The van der Waals surface area contributed by atoms with Crippen LogP contribution < -0.4 is 14.4 Å². The number of rotatable bonds is 9. The number of hydrogen-bond donors (Lipinski definition) is 1. The van der Waals surface area contributed by atoms with E-state index >= 15 is 0 Å². The summed E-state index contributed by atoms with van der Waals surface area (Å²) in [6.07, 6.45) is -4.48. The van der Waals surface area contributed by atoms with Crippen molar-refractivity contribution in [3.63, 3.8) is 0 Å². The van der Waals surface area contributed by atoms with E-state index in [9.17, 15) is 21.6 Å². The molecule has 3 aromatic carbocycles. The number of hydrogen-bond acceptors (Lipinski definition) is 4. The molecule has 0 unspecified atom stereocenters. The van der Waals surface area contributed by atoms with Gasteiger partial charge in [0.25, 0.3) is 0 Å². The fraction of sp³-hybridized carbons (Fsp3) is 0.250. The third kappa shape index (κ3) is 6.88. The first-order chi connectivity index (χ1) is 16.0. The van der Waals surface area contributed by atoms with E-state index in [1.807, 2.05) is 50.2 Å². The summed E-state index contributed by atoms with van der Waals surface area (Å²) < 4.78 is 68.8. The monoisotopic (exact) mass is 512 g/mol. The van der Waals surface area contributed by atoms with E-state index in [1.165, 1.54) is 12.1 Å². The van der Waals surface area contributed by atoms with Crippen LogP contribution in [0, 0.1) is 13.8 Å². The molecule has 0 aliphatic rings. The van der Waals surface area contributed by atoms with E-state index in [4.69, 9.17) is 11.6 Å². The second kappa shape index (κ2) is 10.7. The smallest absolute Gasteiger partial charge is 0.406 e. The van der Waals surface area contributed by atoms with Crippen molar-refractivity contribution in [1.82, 2.24) is 4.72 Å². The number of halogens is 4. The molecule has 5 nitrogen and oxygen atoms in total. The van der Waals surface area contributed by atoms with Crippen LogP contribution in [0.2, 0.25) is 5.02 Å². The maximum Gasteiger partial charge on any atom is 0.573 e. The Hall–Kier alpha value is -2.75. The molecule has 0 radical (unpaired) electrons. The summed E-state index contributed by atoms with van der Waals surface area (Å²) in [6, 6.07) is 17.7. The highest BCUT2D eigenvalue weighted by molar-refractivity contribution is 7.89. The largest absolute Gasteiger partial charge is 0.573 e. The Morgan fingerprint density at radius 1 is 0.941 bits per heavy atom. The lowest BCUT2D eigenvalue weighted by molar-refractivity contribution is -0.274. The van der Waals surface area contributed by atoms with Crippen molar-refractivity contribution < 1.29 is 26.3 Å². The Labute approximate surface area is 202 Å². The standard InChI is InChI=1S/C24H24ClF3N2O3S/c1-17-7-3-4-10-22(17)30(23-15-19(25)12-11-18(23)2)14-6-13-29-34(31,32)21-9-5-8-20(16-21)33-24(26,27)28/h3-5,7-12,15-16,29H,6,13-14H2,1-2H3. The topological polar surface area (TPSA) is 58.6 Å². The molecule has 0 bridgehead atoms. The highest BCUT2D eigenvalue weighted by Crippen LogP contribution is 2.33. The first kappa shape index (κ1) is 25.9. The van der Waals surface area contributed by atoms with Gasteiger partial charge in [0, 0.05) is 35.6 Å². The number of para-hydroxylation sites is 1. The number of ether oxygens (including phenoxy) is 1. The minimum atomic E-state index is -4.91. The van der Waals surface area contributed by atoms with Gasteiger partial charge in [0.05, 0.1) is 4.90 Å². The zero-order valence-electron chi connectivity index (χ0n) is 18.6. The van der Waals surface area contributed by atoms with E-state index in [-0.39, 0.29) is 11.4 Å². The molecule has 0 fully saturated rings. The number of nitrogens with one attached hydrogen (secondary N) is 1. The van der Waals surface area contributed by atoms with Gasteiger partial charge in [-0.05, 0) is 61.7 Å². The molecule has 0 saturated carbocycles. The fourth-order valence-electron chi connectivity index (χ4n) is 3.48. The summed E-state index contributed by atoms with van der Waals surface area (Å²) in [4.78, 5) is 1.76. The molecule has 0 amide bonds. The predicted octanol–water partition coefficient (Wildman–Crippen LogP) is 6.36. The number of alkyl halides is 3. The quantitative estimate of drug-likeness (QED) is 0.339. The van der Waals surface area contributed by atoms with Gasteiger partial charge < -0.3 is 9.64 Å². The summed E-state index contributed by atoms with van der Waals surface area (Å²) in [5.74, 6) is -0.600. The molecule has 182 valence electrons. The highest BCUT2D eigenvalue weighted by atomic mass is 35.5. The molecular formula is C24H24ClF3N2O3S. The summed E-state index contributed by atoms with van der Waals surface area (Å²) in [6.45, 7) is 4.51. The number of nitrogens with zero attached hydrogens (tertiary/aromatic N) is 1. The Balaban J connectivity index is 1.73. The van der Waals surface area contributed by atoms with Gasteiger partial charge in [-0.1, -0.05) is 41.9 Å². The minimum Gasteiger partial charge on any atom is -0.406 e. The van der Waals surface area contributed by atoms with Crippen molar-refractivity contribution >= 4 is 33.0 Å². The predicted molar refractivity (Wildman–Crippen MR) is 127 cm³/mol. The van der Waals surface area contributed by atoms with E-state index < -0.39 is 22.1 Å². The van der Waals surface area contributed by atoms with Crippen molar-refractivity contribution in [2.75, 3.05) is 18.0 Å². The SMILES string of the molecule is Cc1ccccc1N(CCCNS(=O)(=O)c1cccc(OC(F)(F)F)c1)c1cc(Cl)ccc1C. The zero-order chi connectivity index (χ0) is 24.9. The van der Waals surface area contributed by atoms with Crippen LogP contribution >= 0.6 is 11.6 Å². The lowest BCUT2D eigenvalue weighted by Gasteiger charge is -2.28. The third-order valence-corrected chi connectivity index (χ3v) is 6.76. The van der Waals surface area contributed by atoms with Crippen molar-refractivity contribution in [3.8, 4) is 5.75 Å². The van der Waals surface area contributed by atoms with Crippen molar-refractivity contribution in [2.24, 2.45) is 0 Å². The Bertz CT molecular complexity index is 1250. The molecule has 10 heteroatoms. The van der Waals surface area contributed by atoms with Crippen LogP contribution in [0.25, 0.3) is 0 Å². The molecule has 0 aliphatic heterocycles. The summed E-state index contributed by atoms with van der Waals surface area (Å²) in [5, 5.41) is 0.584. The second-order valence-corrected chi connectivity index (χ2v) is 9.85. The normalized spacial score (nSPS) is 11.9. The van der Waals surface area contributed by atoms with Gasteiger partial charge in [-0.25, -0.2) is 13.1 Å². The number of benzene rings is 3.